The molecule has 0 aromatic heterocycles. The largest absolute Gasteiger partial charge is 0.481 e. The maximum atomic E-state index is 12.0. The number of carboxylic acid groups (broad SMARTS) is 1. The molecule has 1 rings (SSSR count). The molecule has 1 aliphatic heterocycles. The number of hydrogen-bond acceptors (Lipinski definition) is 5. The van der Waals surface area contributed by atoms with Crippen LogP contribution in [0.4, 0.5) is 0 Å². The van der Waals surface area contributed by atoms with E-state index in [9.17, 15) is 18.0 Å². The number of carboxylic acids is 1. The summed E-state index contributed by atoms with van der Waals surface area (Å²) in [6, 6.07) is -0.887. The number of likely N-dealkylation sites (tertiary alicyclic amines) is 1. The molecule has 1 heterocycles. The Morgan fingerprint density at radius 1 is 1.47 bits per heavy atom. The SMILES string of the molecule is CS(=O)(=O)CCC(N)C(=O)N1CCC[C@H](C(=O)O)C1. The second kappa shape index (κ2) is 6.33. The monoisotopic (exact) mass is 292 g/mol. The van der Waals surface area contributed by atoms with Crippen molar-refractivity contribution in [1.29, 1.82) is 0 Å². The third kappa shape index (κ3) is 5.15. The fraction of sp³-hybridized carbons (Fsp3) is 0.818. The topological polar surface area (TPSA) is 118 Å². The molecular formula is C11H20N2O5S. The van der Waals surface area contributed by atoms with Crippen molar-refractivity contribution in [1.82, 2.24) is 4.90 Å². The second-order valence-electron chi connectivity index (χ2n) is 4.99. The molecule has 2 atom stereocenters. The Labute approximate surface area is 112 Å². The first-order valence-electron chi connectivity index (χ1n) is 6.15. The highest BCUT2D eigenvalue weighted by atomic mass is 32.2. The molecule has 1 aliphatic rings. The summed E-state index contributed by atoms with van der Waals surface area (Å²) in [6.07, 6.45) is 2.33. The van der Waals surface area contributed by atoms with Crippen LogP contribution in [0.25, 0.3) is 0 Å². The molecule has 0 saturated carbocycles. The fourth-order valence-corrected chi connectivity index (χ4v) is 2.76. The fourth-order valence-electron chi connectivity index (χ4n) is 2.08. The molecule has 0 spiro atoms. The van der Waals surface area contributed by atoms with Crippen LogP contribution in [0.1, 0.15) is 19.3 Å². The summed E-state index contributed by atoms with van der Waals surface area (Å²) in [6.45, 7) is 0.635. The van der Waals surface area contributed by atoms with Crippen LogP contribution < -0.4 is 5.73 Å². The number of piperidine rings is 1. The summed E-state index contributed by atoms with van der Waals surface area (Å²) in [5.41, 5.74) is 5.67. The number of nitrogens with two attached hydrogens (primary N) is 1. The lowest BCUT2D eigenvalue weighted by atomic mass is 9.97. The molecule has 1 unspecified atom stereocenters. The standard InChI is InChI=1S/C11H20N2O5S/c1-19(17,18)6-4-9(12)10(14)13-5-2-3-8(7-13)11(15)16/h8-9H,2-7,12H2,1H3,(H,15,16)/t8-,9?/m0/s1. The smallest absolute Gasteiger partial charge is 0.308 e. The maximum Gasteiger partial charge on any atom is 0.308 e. The van der Waals surface area contributed by atoms with Crippen LogP contribution in [0.2, 0.25) is 0 Å². The Morgan fingerprint density at radius 2 is 2.11 bits per heavy atom. The Hall–Kier alpha value is -1.15. The van der Waals surface area contributed by atoms with E-state index in [2.05, 4.69) is 0 Å². The van der Waals surface area contributed by atoms with Gasteiger partial charge in [-0.15, -0.1) is 0 Å². The zero-order valence-corrected chi connectivity index (χ0v) is 11.7. The summed E-state index contributed by atoms with van der Waals surface area (Å²) >= 11 is 0. The summed E-state index contributed by atoms with van der Waals surface area (Å²) < 4.78 is 22.0. The highest BCUT2D eigenvalue weighted by Gasteiger charge is 2.30. The van der Waals surface area contributed by atoms with Crippen molar-refractivity contribution in [3.63, 3.8) is 0 Å². The quantitative estimate of drug-likeness (QED) is 0.676. The molecule has 7 nitrogen and oxygen atoms in total. The van der Waals surface area contributed by atoms with Gasteiger partial charge in [-0.3, -0.25) is 9.59 Å². The minimum absolute atomic E-state index is 0.0614. The van der Waals surface area contributed by atoms with Crippen LogP contribution in [0.15, 0.2) is 0 Å². The Kier molecular flexibility index (Phi) is 5.30. The van der Waals surface area contributed by atoms with Gasteiger partial charge >= 0.3 is 5.97 Å². The molecule has 1 fully saturated rings. The lowest BCUT2D eigenvalue weighted by Crippen LogP contribution is -2.49. The van der Waals surface area contributed by atoms with E-state index in [1.54, 1.807) is 0 Å². The summed E-state index contributed by atoms with van der Waals surface area (Å²) in [5, 5.41) is 8.94. The number of nitrogens with zero attached hydrogens (tertiary/aromatic N) is 1. The normalized spacial score (nSPS) is 22.0. The van der Waals surface area contributed by atoms with E-state index in [4.69, 9.17) is 10.8 Å². The maximum absolute atomic E-state index is 12.0. The predicted octanol–water partition coefficient (Wildman–Crippen LogP) is -0.928. The average molecular weight is 292 g/mol. The summed E-state index contributed by atoms with van der Waals surface area (Å²) in [4.78, 5) is 24.3. The molecule has 3 N–H and O–H groups in total. The van der Waals surface area contributed by atoms with Gasteiger partial charge in [0.1, 0.15) is 9.84 Å². The van der Waals surface area contributed by atoms with Gasteiger partial charge in [0.05, 0.1) is 17.7 Å². The van der Waals surface area contributed by atoms with Gasteiger partial charge in [-0.1, -0.05) is 0 Å². The van der Waals surface area contributed by atoms with E-state index < -0.39 is 27.8 Å². The first kappa shape index (κ1) is 15.9. The number of amides is 1. The minimum Gasteiger partial charge on any atom is -0.481 e. The van der Waals surface area contributed by atoms with Crippen LogP contribution >= 0.6 is 0 Å². The molecule has 8 heteroatoms. The summed E-state index contributed by atoms with van der Waals surface area (Å²) in [5.74, 6) is -1.98. The molecule has 0 aromatic carbocycles. The van der Waals surface area contributed by atoms with Gasteiger partial charge in [0.2, 0.25) is 5.91 Å². The molecule has 0 aromatic rings. The number of hydrogen-bond donors (Lipinski definition) is 2. The van der Waals surface area contributed by atoms with Crippen molar-refractivity contribution in [2.75, 3.05) is 25.1 Å². The number of sulfone groups is 1. The first-order valence-corrected chi connectivity index (χ1v) is 8.21. The van der Waals surface area contributed by atoms with E-state index in [0.717, 1.165) is 6.26 Å². The van der Waals surface area contributed by atoms with Crippen LogP contribution in [-0.4, -0.2) is 61.4 Å². The molecule has 0 aliphatic carbocycles. The van der Waals surface area contributed by atoms with E-state index in [-0.39, 0.29) is 24.6 Å². The van der Waals surface area contributed by atoms with Crippen LogP contribution in [0.3, 0.4) is 0 Å². The third-order valence-electron chi connectivity index (χ3n) is 3.20. The molecule has 1 saturated heterocycles. The predicted molar refractivity (Wildman–Crippen MR) is 69.2 cm³/mol. The molecule has 19 heavy (non-hydrogen) atoms. The minimum atomic E-state index is -3.15. The first-order chi connectivity index (χ1) is 8.70. The lowest BCUT2D eigenvalue weighted by Gasteiger charge is -2.32. The van der Waals surface area contributed by atoms with Crippen molar-refractivity contribution in [3.05, 3.63) is 0 Å². The van der Waals surface area contributed by atoms with Gasteiger partial charge in [-0.2, -0.15) is 0 Å². The van der Waals surface area contributed by atoms with Gasteiger partial charge in [-0.05, 0) is 19.3 Å². The van der Waals surface area contributed by atoms with Crippen LogP contribution in [0.5, 0.6) is 0 Å². The van der Waals surface area contributed by atoms with E-state index >= 15 is 0 Å². The van der Waals surface area contributed by atoms with E-state index in [1.165, 1.54) is 4.90 Å². The van der Waals surface area contributed by atoms with Crippen molar-refractivity contribution in [2.45, 2.75) is 25.3 Å². The van der Waals surface area contributed by atoms with Crippen LogP contribution in [0, 0.1) is 5.92 Å². The number of carbonyl (C=O) groups is 2. The van der Waals surface area contributed by atoms with Gasteiger partial charge in [0.25, 0.3) is 0 Å². The molecular weight excluding hydrogens is 272 g/mol. The van der Waals surface area contributed by atoms with Crippen molar-refractivity contribution in [3.8, 4) is 0 Å². The van der Waals surface area contributed by atoms with E-state index in [1.807, 2.05) is 0 Å². The Bertz CT molecular complexity index is 448. The Morgan fingerprint density at radius 3 is 2.63 bits per heavy atom. The zero-order chi connectivity index (χ0) is 14.6. The van der Waals surface area contributed by atoms with Crippen molar-refractivity contribution >= 4 is 21.7 Å². The molecule has 0 bridgehead atoms. The highest BCUT2D eigenvalue weighted by Crippen LogP contribution is 2.17. The number of aliphatic carboxylic acids is 1. The number of rotatable bonds is 5. The zero-order valence-electron chi connectivity index (χ0n) is 10.9. The lowest BCUT2D eigenvalue weighted by molar-refractivity contribution is -0.146. The number of carbonyl (C=O) groups excluding carboxylic acids is 1. The summed E-state index contributed by atoms with van der Waals surface area (Å²) in [7, 11) is -3.15. The Balaban J connectivity index is 2.54. The van der Waals surface area contributed by atoms with Gasteiger partial charge in [0, 0.05) is 19.3 Å². The molecule has 0 radical (unpaired) electrons. The van der Waals surface area contributed by atoms with Gasteiger partial charge < -0.3 is 15.7 Å². The van der Waals surface area contributed by atoms with E-state index in [0.29, 0.717) is 19.4 Å². The molecule has 110 valence electrons. The third-order valence-corrected chi connectivity index (χ3v) is 4.18. The van der Waals surface area contributed by atoms with Gasteiger partial charge in [-0.25, -0.2) is 8.42 Å². The van der Waals surface area contributed by atoms with Crippen molar-refractivity contribution < 1.29 is 23.1 Å². The van der Waals surface area contributed by atoms with Gasteiger partial charge in [0.15, 0.2) is 0 Å². The van der Waals surface area contributed by atoms with Crippen LogP contribution in [-0.2, 0) is 19.4 Å². The highest BCUT2D eigenvalue weighted by molar-refractivity contribution is 7.90. The van der Waals surface area contributed by atoms with Crippen molar-refractivity contribution in [2.24, 2.45) is 11.7 Å². The second-order valence-corrected chi connectivity index (χ2v) is 7.25. The molecule has 1 amide bonds. The average Bonchev–Trinajstić information content (AvgIpc) is 2.34.